The smallest absolute Gasteiger partial charge is 0.256 e. The Hall–Kier alpha value is -2.10. The van der Waals surface area contributed by atoms with Crippen molar-refractivity contribution in [1.82, 2.24) is 9.88 Å². The minimum Gasteiger partial charge on any atom is -0.352 e. The summed E-state index contributed by atoms with van der Waals surface area (Å²) >= 11 is 0. The van der Waals surface area contributed by atoms with Crippen LogP contribution in [0.1, 0.15) is 42.7 Å². The number of nitrogens with one attached hydrogen (secondary N) is 1. The van der Waals surface area contributed by atoms with Crippen molar-refractivity contribution < 1.29 is 4.79 Å². The number of para-hydroxylation sites is 1. The molecule has 1 aliphatic rings. The van der Waals surface area contributed by atoms with Crippen LogP contribution in [0.3, 0.4) is 0 Å². The van der Waals surface area contributed by atoms with E-state index in [0.717, 1.165) is 11.9 Å². The van der Waals surface area contributed by atoms with Crippen LogP contribution >= 0.6 is 0 Å². The van der Waals surface area contributed by atoms with Gasteiger partial charge >= 0.3 is 0 Å². The van der Waals surface area contributed by atoms with E-state index in [2.05, 4.69) is 22.9 Å². The first-order chi connectivity index (χ1) is 9.99. The second kappa shape index (κ2) is 5.02. The van der Waals surface area contributed by atoms with Crippen LogP contribution in [0.5, 0.6) is 0 Å². The van der Waals surface area contributed by atoms with Gasteiger partial charge in [0.25, 0.3) is 5.91 Å². The van der Waals surface area contributed by atoms with Crippen molar-refractivity contribution in [1.29, 1.82) is 0 Å². The van der Waals surface area contributed by atoms with E-state index in [0.29, 0.717) is 17.8 Å². The number of aromatic nitrogens is 1. The van der Waals surface area contributed by atoms with E-state index in [-0.39, 0.29) is 22.9 Å². The van der Waals surface area contributed by atoms with Crippen molar-refractivity contribution in [2.24, 2.45) is 5.92 Å². The third-order valence-corrected chi connectivity index (χ3v) is 4.04. The van der Waals surface area contributed by atoms with Crippen molar-refractivity contribution in [3.05, 3.63) is 45.7 Å². The first kappa shape index (κ1) is 13.9. The molecule has 0 saturated heterocycles. The molecule has 0 fully saturated rings. The molecular weight excluding hydrogens is 264 g/mol. The lowest BCUT2D eigenvalue weighted by Crippen LogP contribution is -2.32. The molecule has 1 aromatic carbocycles. The largest absolute Gasteiger partial charge is 0.352 e. The molecule has 1 atom stereocenters. The van der Waals surface area contributed by atoms with Gasteiger partial charge in [0.05, 0.1) is 5.52 Å². The van der Waals surface area contributed by atoms with Crippen LogP contribution in [-0.4, -0.2) is 17.0 Å². The second-order valence-corrected chi connectivity index (χ2v) is 6.25. The summed E-state index contributed by atoms with van der Waals surface area (Å²) in [7, 11) is 0. The number of carbonyl (C=O) groups is 1. The van der Waals surface area contributed by atoms with Crippen molar-refractivity contribution in [3.63, 3.8) is 0 Å². The maximum Gasteiger partial charge on any atom is 0.256 e. The van der Waals surface area contributed by atoms with Crippen LogP contribution < -0.4 is 10.7 Å². The van der Waals surface area contributed by atoms with Crippen LogP contribution in [0, 0.1) is 5.92 Å². The molecule has 1 N–H and O–H groups in total. The molecule has 1 amide bonds. The van der Waals surface area contributed by atoms with Gasteiger partial charge in [-0.15, -0.1) is 0 Å². The van der Waals surface area contributed by atoms with E-state index in [1.165, 1.54) is 5.56 Å². The molecule has 1 aliphatic heterocycles. The van der Waals surface area contributed by atoms with Crippen LogP contribution in [0.2, 0.25) is 0 Å². The fraction of sp³-hybridized carbons (Fsp3) is 0.412. The molecular formula is C17H20N2O2. The average Bonchev–Trinajstić information content (AvgIpc) is 2.77. The average molecular weight is 284 g/mol. The fourth-order valence-corrected chi connectivity index (χ4v) is 2.97. The number of rotatable bonds is 3. The van der Waals surface area contributed by atoms with Gasteiger partial charge in [-0.2, -0.15) is 0 Å². The van der Waals surface area contributed by atoms with Gasteiger partial charge in [0.1, 0.15) is 5.56 Å². The summed E-state index contributed by atoms with van der Waals surface area (Å²) in [5.74, 6) is 0.0849. The monoisotopic (exact) mass is 284 g/mol. The van der Waals surface area contributed by atoms with Crippen LogP contribution in [0.15, 0.2) is 29.2 Å². The summed E-state index contributed by atoms with van der Waals surface area (Å²) in [6.07, 6.45) is 2.63. The van der Waals surface area contributed by atoms with E-state index >= 15 is 0 Å². The molecule has 21 heavy (non-hydrogen) atoms. The molecule has 3 rings (SSSR count). The number of nitrogens with zero attached hydrogens (tertiary/aromatic N) is 1. The van der Waals surface area contributed by atoms with Gasteiger partial charge in [-0.3, -0.25) is 9.59 Å². The minimum atomic E-state index is -0.274. The highest BCUT2D eigenvalue weighted by molar-refractivity contribution is 5.98. The zero-order chi connectivity index (χ0) is 15.1. The van der Waals surface area contributed by atoms with Gasteiger partial charge in [0.2, 0.25) is 5.43 Å². The van der Waals surface area contributed by atoms with Gasteiger partial charge < -0.3 is 9.88 Å². The lowest BCUT2D eigenvalue weighted by molar-refractivity contribution is 0.0947. The molecule has 2 aromatic rings. The number of hydrogen-bond acceptors (Lipinski definition) is 2. The Bertz CT molecular complexity index is 774. The second-order valence-electron chi connectivity index (χ2n) is 6.25. The highest BCUT2D eigenvalue weighted by atomic mass is 16.2. The molecule has 1 aromatic heterocycles. The summed E-state index contributed by atoms with van der Waals surface area (Å²) in [5, 5.41) is 3.48. The summed E-state index contributed by atoms with van der Waals surface area (Å²) in [6.45, 7) is 6.74. The Labute approximate surface area is 123 Å². The van der Waals surface area contributed by atoms with E-state index in [1.54, 1.807) is 6.20 Å². The maximum atomic E-state index is 12.6. The molecule has 0 saturated carbocycles. The minimum absolute atomic E-state index is 0.168. The number of benzene rings is 1. The molecule has 4 heteroatoms. The molecule has 110 valence electrons. The molecule has 0 spiro atoms. The number of carbonyl (C=O) groups excluding carboxylic acids is 1. The number of hydrogen-bond donors (Lipinski definition) is 1. The van der Waals surface area contributed by atoms with E-state index in [1.807, 2.05) is 26.0 Å². The van der Waals surface area contributed by atoms with Crippen molar-refractivity contribution >= 4 is 16.8 Å². The summed E-state index contributed by atoms with van der Waals surface area (Å²) in [4.78, 5) is 24.9. The maximum absolute atomic E-state index is 12.6. The Morgan fingerprint density at radius 2 is 2.19 bits per heavy atom. The standard InChI is InChI=1S/C17H20N2O2/c1-10(2)8-18-17(21)14-9-19-11(3)7-12-5-4-6-13(15(12)19)16(14)20/h4-6,9-11H,7-8H2,1-3H3,(H,18,21). The van der Waals surface area contributed by atoms with Gasteiger partial charge in [-0.05, 0) is 30.9 Å². The zero-order valence-electron chi connectivity index (χ0n) is 12.6. The first-order valence-electron chi connectivity index (χ1n) is 7.44. The van der Waals surface area contributed by atoms with Gasteiger partial charge in [0.15, 0.2) is 0 Å². The fourth-order valence-electron chi connectivity index (χ4n) is 2.97. The third-order valence-electron chi connectivity index (χ3n) is 4.04. The topological polar surface area (TPSA) is 51.1 Å². The predicted molar refractivity (Wildman–Crippen MR) is 83.8 cm³/mol. The van der Waals surface area contributed by atoms with Gasteiger partial charge in [0, 0.05) is 24.2 Å². The quantitative estimate of drug-likeness (QED) is 0.941. The highest BCUT2D eigenvalue weighted by Gasteiger charge is 2.24. The van der Waals surface area contributed by atoms with Crippen LogP contribution in [0.4, 0.5) is 0 Å². The summed E-state index contributed by atoms with van der Waals surface area (Å²) < 4.78 is 2.07. The highest BCUT2D eigenvalue weighted by Crippen LogP contribution is 2.30. The normalized spacial score (nSPS) is 16.7. The molecule has 0 bridgehead atoms. The van der Waals surface area contributed by atoms with Crippen molar-refractivity contribution in [2.45, 2.75) is 33.2 Å². The van der Waals surface area contributed by atoms with Gasteiger partial charge in [-0.25, -0.2) is 0 Å². The lowest BCUT2D eigenvalue weighted by Gasteiger charge is -2.13. The lowest BCUT2D eigenvalue weighted by atomic mass is 10.1. The van der Waals surface area contributed by atoms with Crippen LogP contribution in [-0.2, 0) is 6.42 Å². The van der Waals surface area contributed by atoms with Gasteiger partial charge in [-0.1, -0.05) is 26.0 Å². The molecule has 2 heterocycles. The Kier molecular flexibility index (Phi) is 3.32. The Morgan fingerprint density at radius 1 is 1.43 bits per heavy atom. The van der Waals surface area contributed by atoms with Crippen molar-refractivity contribution in [2.75, 3.05) is 6.54 Å². The first-order valence-corrected chi connectivity index (χ1v) is 7.44. The Morgan fingerprint density at radius 3 is 2.90 bits per heavy atom. The van der Waals surface area contributed by atoms with E-state index < -0.39 is 0 Å². The zero-order valence-corrected chi connectivity index (χ0v) is 12.6. The van der Waals surface area contributed by atoms with Crippen molar-refractivity contribution in [3.8, 4) is 0 Å². The molecule has 4 nitrogen and oxygen atoms in total. The predicted octanol–water partition coefficient (Wildman–Crippen LogP) is 2.50. The summed E-state index contributed by atoms with van der Waals surface area (Å²) in [6, 6.07) is 6.05. The van der Waals surface area contributed by atoms with Crippen LogP contribution in [0.25, 0.3) is 10.9 Å². The molecule has 1 unspecified atom stereocenters. The SMILES string of the molecule is CC(C)CNC(=O)c1cn2c3c(cccc3c1=O)CC2C. The number of amides is 1. The van der Waals surface area contributed by atoms with E-state index in [9.17, 15) is 9.59 Å². The summed E-state index contributed by atoms with van der Waals surface area (Å²) in [5.41, 5.74) is 2.24. The number of pyridine rings is 1. The third kappa shape index (κ3) is 2.24. The Balaban J connectivity index is 2.13. The molecule has 0 radical (unpaired) electrons. The van der Waals surface area contributed by atoms with E-state index in [4.69, 9.17) is 0 Å². The molecule has 0 aliphatic carbocycles.